The van der Waals surface area contributed by atoms with Crippen LogP contribution < -0.4 is 0 Å². The van der Waals surface area contributed by atoms with Crippen LogP contribution in [0.4, 0.5) is 0 Å². The molecule has 0 unspecified atom stereocenters. The van der Waals surface area contributed by atoms with Crippen LogP contribution in [-0.2, 0) is 0 Å². The number of aromatic hydroxyl groups is 1. The molecular weight excluding hydrogens is 148 g/mol. The molecule has 5 heteroatoms. The van der Waals surface area contributed by atoms with Crippen LogP contribution >= 0.6 is 0 Å². The van der Waals surface area contributed by atoms with Crippen LogP contribution in [0.5, 0.6) is 5.95 Å². The van der Waals surface area contributed by atoms with Crippen molar-refractivity contribution >= 4 is 0 Å². The quantitative estimate of drug-likeness (QED) is 0.614. The molecule has 0 bridgehead atoms. The second-order valence-electron chi connectivity index (χ2n) is 1.54. The van der Waals surface area contributed by atoms with Gasteiger partial charge in [-0.15, -0.1) is 0 Å². The molecule has 2 rings (SSSR count). The maximum absolute atomic E-state index is 8.24. The standard InChI is InChI=1S/C3H3NO2.C3H3NO/c5-3-1-2-4-6-3;1-2-4-5-3-1/h1-2,5H;1-3H. The summed E-state index contributed by atoms with van der Waals surface area (Å²) in [7, 11) is 0. The van der Waals surface area contributed by atoms with Crippen LogP contribution in [0.3, 0.4) is 0 Å². The summed E-state index contributed by atoms with van der Waals surface area (Å²) in [6.45, 7) is 0. The monoisotopic (exact) mass is 154 g/mol. The van der Waals surface area contributed by atoms with Gasteiger partial charge in [0.25, 0.3) is 0 Å². The van der Waals surface area contributed by atoms with E-state index in [9.17, 15) is 0 Å². The lowest BCUT2D eigenvalue weighted by atomic mass is 10.7. The number of aromatic nitrogens is 2. The minimum atomic E-state index is -0.144. The molecule has 0 aromatic carbocycles. The molecule has 0 spiro atoms. The molecule has 2 heterocycles. The second-order valence-corrected chi connectivity index (χ2v) is 1.54. The average Bonchev–Trinajstić information content (AvgIpc) is 2.57. The average molecular weight is 154 g/mol. The maximum Gasteiger partial charge on any atom is 0.308 e. The number of hydrogen-bond acceptors (Lipinski definition) is 5. The van der Waals surface area contributed by atoms with E-state index in [0.717, 1.165) is 0 Å². The summed E-state index contributed by atoms with van der Waals surface area (Å²) in [6, 6.07) is 3.08. The van der Waals surface area contributed by atoms with Gasteiger partial charge in [0.15, 0.2) is 0 Å². The molecule has 0 radical (unpaired) electrons. The molecule has 0 saturated heterocycles. The zero-order valence-electron chi connectivity index (χ0n) is 5.54. The number of nitrogens with zero attached hydrogens (tertiary/aromatic N) is 2. The lowest BCUT2D eigenvalue weighted by molar-refractivity contribution is 0.278. The molecule has 0 atom stereocenters. The van der Waals surface area contributed by atoms with E-state index in [1.54, 1.807) is 12.3 Å². The van der Waals surface area contributed by atoms with Gasteiger partial charge >= 0.3 is 5.95 Å². The molecule has 2 aromatic rings. The van der Waals surface area contributed by atoms with E-state index in [0.29, 0.717) is 0 Å². The minimum absolute atomic E-state index is 0.144. The van der Waals surface area contributed by atoms with Gasteiger partial charge < -0.3 is 14.2 Å². The van der Waals surface area contributed by atoms with E-state index in [-0.39, 0.29) is 5.95 Å². The van der Waals surface area contributed by atoms with E-state index in [4.69, 9.17) is 5.11 Å². The van der Waals surface area contributed by atoms with Crippen LogP contribution in [0.2, 0.25) is 0 Å². The summed E-state index contributed by atoms with van der Waals surface area (Å²) in [5.74, 6) is -0.144. The van der Waals surface area contributed by atoms with Crippen molar-refractivity contribution in [3.8, 4) is 5.95 Å². The highest BCUT2D eigenvalue weighted by Crippen LogP contribution is 2.00. The fraction of sp³-hybridized carbons (Fsp3) is 0. The third-order valence-electron chi connectivity index (χ3n) is 0.771. The molecule has 1 N–H and O–H groups in total. The van der Waals surface area contributed by atoms with E-state index >= 15 is 0 Å². The molecule has 0 amide bonds. The Kier molecular flexibility index (Phi) is 2.73. The molecule has 5 nitrogen and oxygen atoms in total. The fourth-order valence-electron chi connectivity index (χ4n) is 0.385. The predicted molar refractivity (Wildman–Crippen MR) is 34.7 cm³/mol. The summed E-state index contributed by atoms with van der Waals surface area (Å²) in [4.78, 5) is 0. The van der Waals surface area contributed by atoms with Crippen molar-refractivity contribution in [1.82, 2.24) is 10.3 Å². The molecular formula is C6H6N2O3. The lowest BCUT2D eigenvalue weighted by Gasteiger charge is -1.66. The van der Waals surface area contributed by atoms with Crippen LogP contribution in [0.15, 0.2) is 39.8 Å². The Bertz CT molecular complexity index is 234. The smallest absolute Gasteiger partial charge is 0.308 e. The molecule has 0 saturated carbocycles. The van der Waals surface area contributed by atoms with Crippen LogP contribution in [0.1, 0.15) is 0 Å². The van der Waals surface area contributed by atoms with Crippen LogP contribution in [-0.4, -0.2) is 15.4 Å². The highest BCUT2D eigenvalue weighted by molar-refractivity contribution is 4.94. The molecule has 58 valence electrons. The zero-order chi connectivity index (χ0) is 7.94. The second kappa shape index (κ2) is 4.10. The zero-order valence-corrected chi connectivity index (χ0v) is 5.54. The van der Waals surface area contributed by atoms with Gasteiger partial charge in [0.05, 0.1) is 12.4 Å². The van der Waals surface area contributed by atoms with Gasteiger partial charge in [0.1, 0.15) is 6.26 Å². The number of rotatable bonds is 0. The van der Waals surface area contributed by atoms with Crippen LogP contribution in [0.25, 0.3) is 0 Å². The Morgan fingerprint density at radius 3 is 2.36 bits per heavy atom. The minimum Gasteiger partial charge on any atom is -0.479 e. The Balaban J connectivity index is 0.000000112. The summed E-state index contributed by atoms with van der Waals surface area (Å²) in [6.07, 6.45) is 4.47. The number of hydrogen-bond donors (Lipinski definition) is 1. The maximum atomic E-state index is 8.24. The van der Waals surface area contributed by atoms with E-state index < -0.39 is 0 Å². The Labute approximate surface area is 62.2 Å². The van der Waals surface area contributed by atoms with Crippen LogP contribution in [0, 0.1) is 0 Å². The van der Waals surface area contributed by atoms with Crippen molar-refractivity contribution in [2.45, 2.75) is 0 Å². The first kappa shape index (κ1) is 7.33. The highest BCUT2D eigenvalue weighted by Gasteiger charge is 1.81. The van der Waals surface area contributed by atoms with E-state index in [1.807, 2.05) is 0 Å². The molecule has 11 heavy (non-hydrogen) atoms. The van der Waals surface area contributed by atoms with Gasteiger partial charge in [-0.25, -0.2) is 0 Å². The summed E-state index contributed by atoms with van der Waals surface area (Å²) < 4.78 is 8.47. The molecule has 0 fully saturated rings. The van der Waals surface area contributed by atoms with Crippen molar-refractivity contribution in [1.29, 1.82) is 0 Å². The van der Waals surface area contributed by atoms with Gasteiger partial charge in [0, 0.05) is 6.07 Å². The molecule has 2 aromatic heterocycles. The third-order valence-corrected chi connectivity index (χ3v) is 0.771. The Morgan fingerprint density at radius 2 is 2.18 bits per heavy atom. The topological polar surface area (TPSA) is 72.3 Å². The first-order valence-corrected chi connectivity index (χ1v) is 2.83. The summed E-state index contributed by atoms with van der Waals surface area (Å²) in [5.41, 5.74) is 0. The SMILES string of the molecule is Oc1ccno1.c1cnoc1. The lowest BCUT2D eigenvalue weighted by Crippen LogP contribution is -1.44. The highest BCUT2D eigenvalue weighted by atomic mass is 16.5. The van der Waals surface area contributed by atoms with Crippen molar-refractivity contribution < 1.29 is 14.2 Å². The van der Waals surface area contributed by atoms with Gasteiger partial charge in [-0.2, -0.15) is 0 Å². The van der Waals surface area contributed by atoms with Gasteiger partial charge in [-0.05, 0) is 6.07 Å². The van der Waals surface area contributed by atoms with Crippen molar-refractivity contribution in [2.75, 3.05) is 0 Å². The fourth-order valence-corrected chi connectivity index (χ4v) is 0.385. The summed E-state index contributed by atoms with van der Waals surface area (Å²) in [5, 5.41) is 14.8. The Hall–Kier alpha value is -1.78. The van der Waals surface area contributed by atoms with Crippen molar-refractivity contribution in [3.05, 3.63) is 30.8 Å². The van der Waals surface area contributed by atoms with E-state index in [2.05, 4.69) is 19.4 Å². The first-order chi connectivity index (χ1) is 5.39. The summed E-state index contributed by atoms with van der Waals surface area (Å²) >= 11 is 0. The Morgan fingerprint density at radius 1 is 1.27 bits per heavy atom. The molecule has 0 aliphatic rings. The van der Waals surface area contributed by atoms with Crippen molar-refractivity contribution in [2.24, 2.45) is 0 Å². The van der Waals surface area contributed by atoms with Gasteiger partial charge in [-0.3, -0.25) is 0 Å². The first-order valence-electron chi connectivity index (χ1n) is 2.83. The third kappa shape index (κ3) is 3.04. The van der Waals surface area contributed by atoms with Gasteiger partial charge in [0.2, 0.25) is 0 Å². The largest absolute Gasteiger partial charge is 0.479 e. The van der Waals surface area contributed by atoms with Gasteiger partial charge in [-0.1, -0.05) is 10.3 Å². The van der Waals surface area contributed by atoms with Crippen molar-refractivity contribution in [3.63, 3.8) is 0 Å². The molecule has 0 aliphatic heterocycles. The normalized spacial score (nSPS) is 8.36. The molecule has 0 aliphatic carbocycles. The van der Waals surface area contributed by atoms with E-state index in [1.165, 1.54) is 18.5 Å². The predicted octanol–water partition coefficient (Wildman–Crippen LogP) is 1.05.